The number of hydrogen-bond acceptors (Lipinski definition) is 13. The maximum atomic E-state index is 14.2. The molecule has 1 aromatic carbocycles. The number of hydrogen-bond donors (Lipinski definition) is 2. The SMILES string of the molecule is CC(=O)OC1C2C(OC(=O)c3ccccc3)C(C)CC2(O)C(OC(C)=O)C2(C)C3C(CC1(OC(C)=O)C2OC(C)=O)C(=O)C(C)(C)C3O. The molecular weight excluding hydrogens is 628 g/mol. The highest BCUT2D eigenvalue weighted by molar-refractivity contribution is 5.91. The van der Waals surface area contributed by atoms with Crippen molar-refractivity contribution in [3.63, 3.8) is 0 Å². The standard InChI is InChI=1S/C35H44O13/c1-16-14-34(43)24(25(16)47-29(42)21-12-10-9-11-13-21)28(44-17(2)36)35(48-20(5)39)15-22-23(27(41)32(6,7)26(22)40)33(8,30(34)45-18(3)37)31(35)46-19(4)38/h9-13,16,22-25,27-28,30-31,41,43H,14-15H2,1-8H3. The third kappa shape index (κ3) is 5.20. The monoisotopic (exact) mass is 672 g/mol. The number of ketones is 1. The van der Waals surface area contributed by atoms with Crippen LogP contribution in [0.1, 0.15) is 78.6 Å². The molecule has 13 heteroatoms. The van der Waals surface area contributed by atoms with Crippen LogP contribution in [0.25, 0.3) is 0 Å². The maximum absolute atomic E-state index is 14.2. The van der Waals surface area contributed by atoms with Crippen molar-refractivity contribution in [2.75, 3.05) is 0 Å². The van der Waals surface area contributed by atoms with Crippen LogP contribution < -0.4 is 0 Å². The Balaban J connectivity index is 1.87. The number of carbonyl (C=O) groups is 6. The minimum Gasteiger partial charge on any atom is -0.459 e. The number of esters is 5. The molecule has 4 aliphatic rings. The topological polar surface area (TPSA) is 189 Å². The highest BCUT2D eigenvalue weighted by Crippen LogP contribution is 2.69. The summed E-state index contributed by atoms with van der Waals surface area (Å²) in [6.45, 7) is 10.7. The lowest BCUT2D eigenvalue weighted by molar-refractivity contribution is -0.275. The first-order valence-corrected chi connectivity index (χ1v) is 16.2. The van der Waals surface area contributed by atoms with Crippen LogP contribution in [-0.4, -0.2) is 87.6 Å². The average Bonchev–Trinajstić information content (AvgIpc) is 3.32. The molecule has 2 N–H and O–H groups in total. The molecule has 0 spiro atoms. The highest BCUT2D eigenvalue weighted by atomic mass is 16.6. The van der Waals surface area contributed by atoms with Gasteiger partial charge in [0.25, 0.3) is 0 Å². The lowest BCUT2D eigenvalue weighted by Crippen LogP contribution is -2.71. The van der Waals surface area contributed by atoms with Gasteiger partial charge in [0.2, 0.25) is 0 Å². The fraction of sp³-hybridized carbons (Fsp3) is 0.657. The van der Waals surface area contributed by atoms with E-state index in [1.165, 1.54) is 19.1 Å². The van der Waals surface area contributed by atoms with Gasteiger partial charge >= 0.3 is 29.8 Å². The quantitative estimate of drug-likeness (QED) is 0.331. The second-order valence-corrected chi connectivity index (χ2v) is 14.7. The van der Waals surface area contributed by atoms with Crippen molar-refractivity contribution in [2.24, 2.45) is 34.5 Å². The van der Waals surface area contributed by atoms with Gasteiger partial charge in [0.1, 0.15) is 23.6 Å². The van der Waals surface area contributed by atoms with E-state index in [0.29, 0.717) is 0 Å². The van der Waals surface area contributed by atoms with Crippen LogP contribution in [0.5, 0.6) is 0 Å². The molecule has 0 aliphatic heterocycles. The average molecular weight is 673 g/mol. The van der Waals surface area contributed by atoms with Crippen molar-refractivity contribution in [1.82, 2.24) is 0 Å². The summed E-state index contributed by atoms with van der Waals surface area (Å²) in [5, 5.41) is 25.0. The summed E-state index contributed by atoms with van der Waals surface area (Å²) >= 11 is 0. The van der Waals surface area contributed by atoms with Crippen molar-refractivity contribution < 1.29 is 62.7 Å². The molecule has 12 unspecified atom stereocenters. The van der Waals surface area contributed by atoms with Crippen LogP contribution in [0, 0.1) is 34.5 Å². The molecule has 4 aliphatic carbocycles. The third-order valence-electron chi connectivity index (χ3n) is 11.2. The molecule has 2 bridgehead atoms. The minimum absolute atomic E-state index is 0.191. The summed E-state index contributed by atoms with van der Waals surface area (Å²) in [5.41, 5.74) is -7.42. The van der Waals surface area contributed by atoms with Crippen LogP contribution in [0.4, 0.5) is 0 Å². The largest absolute Gasteiger partial charge is 0.459 e. The molecule has 48 heavy (non-hydrogen) atoms. The third-order valence-corrected chi connectivity index (χ3v) is 11.2. The molecule has 262 valence electrons. The van der Waals surface area contributed by atoms with E-state index in [4.69, 9.17) is 23.7 Å². The molecule has 0 radical (unpaired) electrons. The molecule has 13 nitrogen and oxygen atoms in total. The molecule has 0 heterocycles. The Hall–Kier alpha value is -3.84. The highest BCUT2D eigenvalue weighted by Gasteiger charge is 2.83. The number of ether oxygens (including phenoxy) is 5. The lowest BCUT2D eigenvalue weighted by atomic mass is 9.53. The van der Waals surface area contributed by atoms with E-state index < -0.39 is 118 Å². The predicted molar refractivity (Wildman–Crippen MR) is 164 cm³/mol. The van der Waals surface area contributed by atoms with Gasteiger partial charge in [-0.1, -0.05) is 45.9 Å². The fourth-order valence-corrected chi connectivity index (χ4v) is 9.66. The van der Waals surface area contributed by atoms with Crippen LogP contribution in [0.15, 0.2) is 30.3 Å². The molecule has 0 saturated heterocycles. The first-order chi connectivity index (χ1) is 22.2. The smallest absolute Gasteiger partial charge is 0.338 e. The molecule has 4 fully saturated rings. The molecule has 4 saturated carbocycles. The fourth-order valence-electron chi connectivity index (χ4n) is 9.66. The second kappa shape index (κ2) is 11.9. The Morgan fingerprint density at radius 3 is 1.88 bits per heavy atom. The van der Waals surface area contributed by atoms with Gasteiger partial charge in [0.15, 0.2) is 17.8 Å². The zero-order chi connectivity index (χ0) is 35.7. The summed E-state index contributed by atoms with van der Waals surface area (Å²) in [6, 6.07) is 8.06. The van der Waals surface area contributed by atoms with E-state index in [1.54, 1.807) is 39.0 Å². The summed E-state index contributed by atoms with van der Waals surface area (Å²) in [4.78, 5) is 79.8. The Morgan fingerprint density at radius 1 is 0.771 bits per heavy atom. The summed E-state index contributed by atoms with van der Waals surface area (Å²) in [7, 11) is 0. The van der Waals surface area contributed by atoms with Crippen molar-refractivity contribution in [3.05, 3.63) is 35.9 Å². The van der Waals surface area contributed by atoms with Crippen molar-refractivity contribution >= 4 is 35.6 Å². The normalized spacial score (nSPS) is 40.8. The van der Waals surface area contributed by atoms with Crippen LogP contribution in [0.3, 0.4) is 0 Å². The Morgan fingerprint density at radius 2 is 1.33 bits per heavy atom. The van der Waals surface area contributed by atoms with Gasteiger partial charge in [0, 0.05) is 51.4 Å². The van der Waals surface area contributed by atoms with Crippen molar-refractivity contribution in [3.8, 4) is 0 Å². The van der Waals surface area contributed by atoms with E-state index >= 15 is 0 Å². The van der Waals surface area contributed by atoms with Gasteiger partial charge in [-0.2, -0.15) is 0 Å². The Kier molecular flexibility index (Phi) is 8.82. The predicted octanol–water partition coefficient (Wildman–Crippen LogP) is 2.32. The number of Topliss-reactive ketones (excluding diaryl/α,β-unsaturated/α-hetero) is 1. The number of aliphatic hydroxyl groups excluding tert-OH is 1. The molecule has 5 rings (SSSR count). The first-order valence-electron chi connectivity index (χ1n) is 16.2. The van der Waals surface area contributed by atoms with Gasteiger partial charge in [0.05, 0.1) is 23.0 Å². The van der Waals surface area contributed by atoms with E-state index in [1.807, 2.05) is 0 Å². The zero-order valence-electron chi connectivity index (χ0n) is 28.4. The van der Waals surface area contributed by atoms with Crippen LogP contribution in [-0.2, 0) is 47.7 Å². The number of benzene rings is 1. The first kappa shape index (κ1) is 35.5. The van der Waals surface area contributed by atoms with Gasteiger partial charge < -0.3 is 33.9 Å². The molecule has 0 aromatic heterocycles. The molecular formula is C35H44O13. The van der Waals surface area contributed by atoms with E-state index in [2.05, 4.69) is 0 Å². The molecule has 12 atom stereocenters. The molecule has 1 aromatic rings. The molecule has 0 amide bonds. The van der Waals surface area contributed by atoms with Gasteiger partial charge in [-0.05, 0) is 24.5 Å². The summed E-state index contributed by atoms with van der Waals surface area (Å²) in [6.07, 6.45) is -8.24. The van der Waals surface area contributed by atoms with Crippen molar-refractivity contribution in [2.45, 2.75) is 110 Å². The number of rotatable bonds is 6. The number of fused-ring (bicyclic) bond motifs is 5. The maximum Gasteiger partial charge on any atom is 0.338 e. The van der Waals surface area contributed by atoms with Crippen LogP contribution in [0.2, 0.25) is 0 Å². The second-order valence-electron chi connectivity index (χ2n) is 14.7. The lowest BCUT2D eigenvalue weighted by Gasteiger charge is -2.58. The number of aliphatic hydroxyl groups is 2. The van der Waals surface area contributed by atoms with E-state index in [9.17, 15) is 39.0 Å². The van der Waals surface area contributed by atoms with Crippen molar-refractivity contribution in [1.29, 1.82) is 0 Å². The van der Waals surface area contributed by atoms with E-state index in [0.717, 1.165) is 27.7 Å². The minimum atomic E-state index is -2.22. The van der Waals surface area contributed by atoms with Crippen LogP contribution >= 0.6 is 0 Å². The van der Waals surface area contributed by atoms with Gasteiger partial charge in [-0.25, -0.2) is 4.79 Å². The van der Waals surface area contributed by atoms with Gasteiger partial charge in [-0.15, -0.1) is 0 Å². The zero-order valence-corrected chi connectivity index (χ0v) is 28.4. The summed E-state index contributed by atoms with van der Waals surface area (Å²) in [5.74, 6) is -8.98. The van der Waals surface area contributed by atoms with Gasteiger partial charge in [-0.3, -0.25) is 24.0 Å². The Bertz CT molecular complexity index is 1520. The summed E-state index contributed by atoms with van der Waals surface area (Å²) < 4.78 is 30.3. The van der Waals surface area contributed by atoms with E-state index in [-0.39, 0.29) is 12.0 Å². The Labute approximate surface area is 278 Å². The number of carbonyl (C=O) groups excluding carboxylic acids is 6.